The van der Waals surface area contributed by atoms with Crippen molar-refractivity contribution in [2.45, 2.75) is 70.6 Å². The lowest BCUT2D eigenvalue weighted by molar-refractivity contribution is -0.128. The smallest absolute Gasteiger partial charge is 0.133 e. The van der Waals surface area contributed by atoms with Gasteiger partial charge >= 0.3 is 0 Å². The summed E-state index contributed by atoms with van der Waals surface area (Å²) in [6.45, 7) is 0. The maximum Gasteiger partial charge on any atom is 0.133 e. The summed E-state index contributed by atoms with van der Waals surface area (Å²) in [6.07, 6.45) is 2.38. The summed E-state index contributed by atoms with van der Waals surface area (Å²) in [5, 5.41) is 0. The fraction of sp³-hybridized carbons (Fsp3) is 0.688. The molecule has 0 aromatic carbocycles. The molecule has 0 amide bonds. The number of rotatable bonds is 0. The lowest BCUT2D eigenvalue weighted by atomic mass is 9.99. The summed E-state index contributed by atoms with van der Waals surface area (Å²) < 4.78 is 0. The number of carbonyl (C=O) groups excluding carboxylic acids is 5. The summed E-state index contributed by atoms with van der Waals surface area (Å²) in [4.78, 5) is 57.8. The number of carbonyl (C=O) groups is 5. The van der Waals surface area contributed by atoms with Gasteiger partial charge in [0.2, 0.25) is 0 Å². The Morgan fingerprint density at radius 3 is 0.762 bits per heavy atom. The molecule has 0 bridgehead atoms. The van der Waals surface area contributed by atoms with Gasteiger partial charge in [0.15, 0.2) is 0 Å². The van der Waals surface area contributed by atoms with Gasteiger partial charge in [0.1, 0.15) is 28.9 Å². The summed E-state index contributed by atoms with van der Waals surface area (Å²) in [5.74, 6) is -0.338. The van der Waals surface area contributed by atoms with Crippen LogP contribution in [0.2, 0.25) is 0 Å². The minimum absolute atomic E-state index is 0.0225. The first kappa shape index (κ1) is 17.4. The SMILES string of the molecule is O=C1CCCC(=O)CCC(=O)CCC(=O)CCC(=O)CC1. The zero-order valence-electron chi connectivity index (χ0n) is 12.3. The molecule has 0 spiro atoms. The van der Waals surface area contributed by atoms with Crippen LogP contribution in [0.3, 0.4) is 0 Å². The van der Waals surface area contributed by atoms with Crippen LogP contribution in [0.4, 0.5) is 0 Å². The van der Waals surface area contributed by atoms with Crippen LogP contribution in [-0.2, 0) is 24.0 Å². The number of ketones is 5. The molecule has 116 valence electrons. The van der Waals surface area contributed by atoms with E-state index in [1.807, 2.05) is 0 Å². The van der Waals surface area contributed by atoms with E-state index in [-0.39, 0.29) is 80.3 Å². The molecule has 0 radical (unpaired) electrons. The maximum atomic E-state index is 11.6. The van der Waals surface area contributed by atoms with Crippen molar-refractivity contribution in [1.82, 2.24) is 0 Å². The third-order valence-corrected chi connectivity index (χ3v) is 3.64. The van der Waals surface area contributed by atoms with Crippen LogP contribution in [0.5, 0.6) is 0 Å². The Morgan fingerprint density at radius 2 is 0.524 bits per heavy atom. The molecule has 0 atom stereocenters. The zero-order chi connectivity index (χ0) is 15.7. The normalized spacial score (nSPS) is 21.6. The summed E-state index contributed by atoms with van der Waals surface area (Å²) >= 11 is 0. The van der Waals surface area contributed by atoms with Crippen molar-refractivity contribution < 1.29 is 24.0 Å². The Morgan fingerprint density at radius 1 is 0.333 bits per heavy atom. The molecular weight excluding hydrogens is 272 g/mol. The molecule has 0 unspecified atom stereocenters. The Bertz CT molecular complexity index is 398. The van der Waals surface area contributed by atoms with Crippen molar-refractivity contribution in [3.63, 3.8) is 0 Å². The Kier molecular flexibility index (Phi) is 7.72. The van der Waals surface area contributed by atoms with Gasteiger partial charge in [0, 0.05) is 64.2 Å². The number of hydrogen-bond donors (Lipinski definition) is 0. The van der Waals surface area contributed by atoms with Gasteiger partial charge in [-0.2, -0.15) is 0 Å². The highest BCUT2D eigenvalue weighted by molar-refractivity contribution is 5.92. The predicted octanol–water partition coefficient (Wildman–Crippen LogP) is 2.14. The highest BCUT2D eigenvalue weighted by Crippen LogP contribution is 2.10. The van der Waals surface area contributed by atoms with Crippen molar-refractivity contribution in [3.05, 3.63) is 0 Å². The van der Waals surface area contributed by atoms with E-state index >= 15 is 0 Å². The first-order chi connectivity index (χ1) is 9.97. The zero-order valence-corrected chi connectivity index (χ0v) is 12.3. The van der Waals surface area contributed by atoms with Gasteiger partial charge in [0.25, 0.3) is 0 Å². The molecule has 0 heterocycles. The topological polar surface area (TPSA) is 85.3 Å². The van der Waals surface area contributed by atoms with Crippen LogP contribution >= 0.6 is 0 Å². The van der Waals surface area contributed by atoms with Gasteiger partial charge in [0.05, 0.1) is 0 Å². The maximum absolute atomic E-state index is 11.6. The fourth-order valence-corrected chi connectivity index (χ4v) is 2.22. The lowest BCUT2D eigenvalue weighted by Crippen LogP contribution is -2.11. The molecule has 1 fully saturated rings. The van der Waals surface area contributed by atoms with Crippen molar-refractivity contribution in [2.75, 3.05) is 0 Å². The fourth-order valence-electron chi connectivity index (χ4n) is 2.22. The number of Topliss-reactive ketones (excluding diaryl/α,β-unsaturated/α-hetero) is 5. The molecule has 1 rings (SSSR count). The van der Waals surface area contributed by atoms with E-state index in [9.17, 15) is 24.0 Å². The van der Waals surface area contributed by atoms with Crippen molar-refractivity contribution in [1.29, 1.82) is 0 Å². The van der Waals surface area contributed by atoms with E-state index in [1.165, 1.54) is 0 Å². The Labute approximate surface area is 124 Å². The van der Waals surface area contributed by atoms with Gasteiger partial charge in [-0.1, -0.05) is 0 Å². The quantitative estimate of drug-likeness (QED) is 0.683. The Hall–Kier alpha value is -1.65. The van der Waals surface area contributed by atoms with Crippen LogP contribution in [0, 0.1) is 0 Å². The second-order valence-corrected chi connectivity index (χ2v) is 5.55. The molecule has 5 heteroatoms. The van der Waals surface area contributed by atoms with E-state index in [1.54, 1.807) is 0 Å². The van der Waals surface area contributed by atoms with Gasteiger partial charge < -0.3 is 0 Å². The van der Waals surface area contributed by atoms with E-state index in [2.05, 4.69) is 0 Å². The van der Waals surface area contributed by atoms with Crippen LogP contribution in [0.15, 0.2) is 0 Å². The van der Waals surface area contributed by atoms with Gasteiger partial charge in [-0.15, -0.1) is 0 Å². The molecule has 21 heavy (non-hydrogen) atoms. The molecule has 0 aliphatic heterocycles. The summed E-state index contributed by atoms with van der Waals surface area (Å²) in [6, 6.07) is 0. The third kappa shape index (κ3) is 8.27. The minimum Gasteiger partial charge on any atom is -0.300 e. The average molecular weight is 294 g/mol. The highest BCUT2D eigenvalue weighted by Gasteiger charge is 2.14. The largest absolute Gasteiger partial charge is 0.300 e. The van der Waals surface area contributed by atoms with Crippen LogP contribution in [0.25, 0.3) is 0 Å². The minimum atomic E-state index is -0.110. The second-order valence-electron chi connectivity index (χ2n) is 5.55. The average Bonchev–Trinajstić information content (AvgIpc) is 2.45. The molecule has 1 aliphatic carbocycles. The second kappa shape index (κ2) is 9.32. The van der Waals surface area contributed by atoms with Crippen molar-refractivity contribution >= 4 is 28.9 Å². The van der Waals surface area contributed by atoms with E-state index in [4.69, 9.17) is 0 Å². The van der Waals surface area contributed by atoms with Crippen LogP contribution in [0.1, 0.15) is 70.6 Å². The molecule has 0 aromatic rings. The number of hydrogen-bond acceptors (Lipinski definition) is 5. The van der Waals surface area contributed by atoms with E-state index in [0.717, 1.165) is 0 Å². The van der Waals surface area contributed by atoms with E-state index < -0.39 is 0 Å². The van der Waals surface area contributed by atoms with Crippen LogP contribution < -0.4 is 0 Å². The highest BCUT2D eigenvalue weighted by atomic mass is 16.1. The van der Waals surface area contributed by atoms with E-state index in [0.29, 0.717) is 19.3 Å². The van der Waals surface area contributed by atoms with Gasteiger partial charge in [-0.05, 0) is 6.42 Å². The molecule has 0 aromatic heterocycles. The lowest BCUT2D eigenvalue weighted by Gasteiger charge is -2.04. The first-order valence-corrected chi connectivity index (χ1v) is 7.56. The monoisotopic (exact) mass is 294 g/mol. The Balaban J connectivity index is 2.52. The molecule has 0 N–H and O–H groups in total. The molecule has 1 aliphatic rings. The van der Waals surface area contributed by atoms with Gasteiger partial charge in [-0.3, -0.25) is 24.0 Å². The molecule has 0 saturated heterocycles. The standard InChI is InChI=1S/C16H22O5/c17-12-2-1-3-13(18)5-7-15(20)9-11-16(21)10-8-14(19)6-4-12/h1-11H2. The summed E-state index contributed by atoms with van der Waals surface area (Å²) in [5.41, 5.74) is 0. The van der Waals surface area contributed by atoms with Crippen molar-refractivity contribution in [3.8, 4) is 0 Å². The summed E-state index contributed by atoms with van der Waals surface area (Å²) in [7, 11) is 0. The third-order valence-electron chi connectivity index (χ3n) is 3.64. The van der Waals surface area contributed by atoms with Crippen molar-refractivity contribution in [2.24, 2.45) is 0 Å². The van der Waals surface area contributed by atoms with Crippen LogP contribution in [-0.4, -0.2) is 28.9 Å². The predicted molar refractivity (Wildman–Crippen MR) is 75.8 cm³/mol. The van der Waals surface area contributed by atoms with Gasteiger partial charge in [-0.25, -0.2) is 0 Å². The molecular formula is C16H22O5. The molecule has 5 nitrogen and oxygen atoms in total. The first-order valence-electron chi connectivity index (χ1n) is 7.56. The molecule has 1 saturated carbocycles.